The lowest BCUT2D eigenvalue weighted by Gasteiger charge is -2.27. The van der Waals surface area contributed by atoms with Crippen molar-refractivity contribution in [2.24, 2.45) is 0 Å². The third-order valence-electron chi connectivity index (χ3n) is 3.39. The van der Waals surface area contributed by atoms with E-state index in [9.17, 15) is 0 Å². The monoisotopic (exact) mass is 208 g/mol. The van der Waals surface area contributed by atoms with Crippen LogP contribution in [0.25, 0.3) is 0 Å². The van der Waals surface area contributed by atoms with Crippen molar-refractivity contribution in [2.75, 3.05) is 13.1 Å². The molecule has 0 aromatic heterocycles. The van der Waals surface area contributed by atoms with Crippen LogP contribution in [0.4, 0.5) is 0 Å². The Kier molecular flexibility index (Phi) is 5.70. The van der Waals surface area contributed by atoms with Crippen molar-refractivity contribution in [1.29, 1.82) is 0 Å². The summed E-state index contributed by atoms with van der Waals surface area (Å²) in [5.74, 6) is 0. The Hall–Kier alpha value is -0.560. The van der Waals surface area contributed by atoms with Crippen molar-refractivity contribution in [3.05, 3.63) is 24.6 Å². The summed E-state index contributed by atoms with van der Waals surface area (Å²) in [6, 6.07) is 0. The van der Waals surface area contributed by atoms with Gasteiger partial charge >= 0.3 is 0 Å². The van der Waals surface area contributed by atoms with Crippen LogP contribution in [0, 0.1) is 0 Å². The highest BCUT2D eigenvalue weighted by Gasteiger charge is 2.20. The first-order chi connectivity index (χ1) is 7.33. The molecule has 0 radical (unpaired) electrons. The van der Waals surface area contributed by atoms with Gasteiger partial charge in [0.25, 0.3) is 0 Å². The number of allylic oxidation sites excluding steroid dienone is 2. The molecule has 15 heavy (non-hydrogen) atoms. The van der Waals surface area contributed by atoms with E-state index in [0.29, 0.717) is 0 Å². The molecule has 0 aromatic carbocycles. The van der Waals surface area contributed by atoms with Gasteiger partial charge in [-0.05, 0) is 31.9 Å². The molecule has 1 aliphatic rings. The summed E-state index contributed by atoms with van der Waals surface area (Å²) < 4.78 is 1.08. The molecule has 0 saturated heterocycles. The minimum Gasteiger partial charge on any atom is -0.271 e. The lowest BCUT2D eigenvalue weighted by Crippen LogP contribution is -2.36. The van der Waals surface area contributed by atoms with E-state index in [2.05, 4.69) is 38.4 Å². The summed E-state index contributed by atoms with van der Waals surface area (Å²) in [6.07, 6.45) is 17.4. The minimum atomic E-state index is 1.08. The molecule has 0 fully saturated rings. The van der Waals surface area contributed by atoms with E-state index >= 15 is 0 Å². The largest absolute Gasteiger partial charge is 0.271 e. The summed E-state index contributed by atoms with van der Waals surface area (Å²) in [4.78, 5) is 0. The fraction of sp³-hybridized carbons (Fsp3) is 0.714. The lowest BCUT2D eigenvalue weighted by atomic mass is 10.1. The maximum atomic E-state index is 2.33. The second-order valence-corrected chi connectivity index (χ2v) is 4.59. The van der Waals surface area contributed by atoms with Gasteiger partial charge in [-0.1, -0.05) is 32.6 Å². The first kappa shape index (κ1) is 12.5. The van der Waals surface area contributed by atoms with Crippen LogP contribution in [0.15, 0.2) is 24.6 Å². The van der Waals surface area contributed by atoms with E-state index < -0.39 is 0 Å². The van der Waals surface area contributed by atoms with Gasteiger partial charge in [-0.2, -0.15) is 0 Å². The van der Waals surface area contributed by atoms with Gasteiger partial charge in [0.05, 0.1) is 13.1 Å². The SMILES string of the molecule is CCCCCCCC[N+]1(CC)C=CC=C1. The molecule has 1 aliphatic heterocycles. The summed E-state index contributed by atoms with van der Waals surface area (Å²) in [6.45, 7) is 7.03. The third kappa shape index (κ3) is 4.21. The maximum absolute atomic E-state index is 2.33. The maximum Gasteiger partial charge on any atom is 0.101 e. The van der Waals surface area contributed by atoms with Crippen LogP contribution in [0.5, 0.6) is 0 Å². The Labute approximate surface area is 95.1 Å². The summed E-state index contributed by atoms with van der Waals surface area (Å²) in [5, 5.41) is 0. The van der Waals surface area contributed by atoms with Crippen molar-refractivity contribution in [3.8, 4) is 0 Å². The molecule has 0 spiro atoms. The zero-order valence-electron chi connectivity index (χ0n) is 10.4. The topological polar surface area (TPSA) is 0 Å². The number of hydrogen-bond acceptors (Lipinski definition) is 0. The summed E-state index contributed by atoms with van der Waals surface area (Å²) >= 11 is 0. The minimum absolute atomic E-state index is 1.08. The molecule has 0 aromatic rings. The van der Waals surface area contributed by atoms with Crippen LogP contribution in [0.1, 0.15) is 52.4 Å². The Morgan fingerprint density at radius 3 is 2.00 bits per heavy atom. The standard InChI is InChI=1S/C14H26N/c1-3-5-6-7-8-9-12-15(4-2)13-10-11-14-15/h10-11,13-14H,3-9,12H2,1-2H3/q+1. The van der Waals surface area contributed by atoms with Gasteiger partial charge in [0.15, 0.2) is 0 Å². The molecular formula is C14H26N+. The molecule has 1 nitrogen and oxygen atoms in total. The Morgan fingerprint density at radius 1 is 0.800 bits per heavy atom. The Morgan fingerprint density at radius 2 is 1.40 bits per heavy atom. The van der Waals surface area contributed by atoms with Gasteiger partial charge < -0.3 is 0 Å². The highest BCUT2D eigenvalue weighted by atomic mass is 15.3. The molecule has 0 unspecified atom stereocenters. The van der Waals surface area contributed by atoms with Crippen LogP contribution in [-0.4, -0.2) is 17.6 Å². The zero-order valence-corrected chi connectivity index (χ0v) is 10.4. The average Bonchev–Trinajstić information content (AvgIpc) is 2.73. The number of rotatable bonds is 8. The third-order valence-corrected chi connectivity index (χ3v) is 3.39. The van der Waals surface area contributed by atoms with E-state index in [1.165, 1.54) is 51.6 Å². The van der Waals surface area contributed by atoms with E-state index in [1.54, 1.807) is 0 Å². The van der Waals surface area contributed by atoms with Gasteiger partial charge in [-0.3, -0.25) is 4.48 Å². The summed E-state index contributed by atoms with van der Waals surface area (Å²) in [5.41, 5.74) is 0. The molecule has 0 bridgehead atoms. The van der Waals surface area contributed by atoms with E-state index in [4.69, 9.17) is 0 Å². The average molecular weight is 208 g/mol. The number of unbranched alkanes of at least 4 members (excludes halogenated alkanes) is 5. The second kappa shape index (κ2) is 6.84. The molecule has 0 saturated carbocycles. The van der Waals surface area contributed by atoms with Crippen LogP contribution in [-0.2, 0) is 0 Å². The van der Waals surface area contributed by atoms with Gasteiger partial charge in [-0.15, -0.1) is 0 Å². The first-order valence-electron chi connectivity index (χ1n) is 6.56. The van der Waals surface area contributed by atoms with Crippen LogP contribution in [0.3, 0.4) is 0 Å². The molecule has 86 valence electrons. The normalized spacial score (nSPS) is 17.5. The second-order valence-electron chi connectivity index (χ2n) is 4.59. The fourth-order valence-electron chi connectivity index (χ4n) is 2.20. The molecule has 0 amide bonds. The smallest absolute Gasteiger partial charge is 0.101 e. The Bertz CT molecular complexity index is 203. The quantitative estimate of drug-likeness (QED) is 0.414. The van der Waals surface area contributed by atoms with Crippen molar-refractivity contribution in [3.63, 3.8) is 0 Å². The summed E-state index contributed by atoms with van der Waals surface area (Å²) in [7, 11) is 0. The first-order valence-corrected chi connectivity index (χ1v) is 6.56. The molecule has 0 N–H and O–H groups in total. The Balaban J connectivity index is 2.08. The fourth-order valence-corrected chi connectivity index (χ4v) is 2.20. The molecule has 1 heteroatoms. The predicted molar refractivity (Wildman–Crippen MR) is 67.3 cm³/mol. The number of hydrogen-bond donors (Lipinski definition) is 0. The highest BCUT2D eigenvalue weighted by molar-refractivity contribution is 5.03. The zero-order chi connectivity index (χ0) is 11.0. The van der Waals surface area contributed by atoms with Crippen LogP contribution in [0.2, 0.25) is 0 Å². The van der Waals surface area contributed by atoms with Crippen molar-refractivity contribution >= 4 is 0 Å². The van der Waals surface area contributed by atoms with Gasteiger partial charge in [0.2, 0.25) is 0 Å². The number of nitrogens with zero attached hydrogens (tertiary/aromatic N) is 1. The van der Waals surface area contributed by atoms with Crippen molar-refractivity contribution in [1.82, 2.24) is 0 Å². The van der Waals surface area contributed by atoms with Crippen LogP contribution < -0.4 is 0 Å². The van der Waals surface area contributed by atoms with E-state index in [0.717, 1.165) is 4.48 Å². The van der Waals surface area contributed by atoms with Crippen LogP contribution >= 0.6 is 0 Å². The molecule has 0 atom stereocenters. The molecule has 1 heterocycles. The van der Waals surface area contributed by atoms with Gasteiger partial charge in [0.1, 0.15) is 12.4 Å². The van der Waals surface area contributed by atoms with Gasteiger partial charge in [-0.25, -0.2) is 0 Å². The van der Waals surface area contributed by atoms with Crippen molar-refractivity contribution < 1.29 is 4.48 Å². The van der Waals surface area contributed by atoms with Crippen molar-refractivity contribution in [2.45, 2.75) is 52.4 Å². The highest BCUT2D eigenvalue weighted by Crippen LogP contribution is 2.17. The molecular weight excluding hydrogens is 182 g/mol. The van der Waals surface area contributed by atoms with Gasteiger partial charge in [0, 0.05) is 0 Å². The van der Waals surface area contributed by atoms with E-state index in [1.807, 2.05) is 0 Å². The van der Waals surface area contributed by atoms with E-state index in [-0.39, 0.29) is 0 Å². The lowest BCUT2D eigenvalue weighted by molar-refractivity contribution is -0.824. The molecule has 1 rings (SSSR count). The number of quaternary nitrogens is 1. The predicted octanol–water partition coefficient (Wildman–Crippen LogP) is 4.22. The molecule has 0 aliphatic carbocycles.